The summed E-state index contributed by atoms with van der Waals surface area (Å²) in [5, 5.41) is 9.78. The quantitative estimate of drug-likeness (QED) is 0.865. The maximum atomic E-state index is 12.8. The Balaban J connectivity index is 1.97. The molecule has 124 valence electrons. The molecule has 1 aliphatic heterocycles. The fraction of sp³-hybridized carbons (Fsp3) is 0.250. The van der Waals surface area contributed by atoms with E-state index in [0.717, 1.165) is 16.7 Å². The molecular formula is C20H20O4. The van der Waals surface area contributed by atoms with Crippen molar-refractivity contribution >= 4 is 11.9 Å². The molecule has 1 N–H and O–H groups in total. The number of phenolic OH excluding ortho intramolecular Hbond substituents is 1. The van der Waals surface area contributed by atoms with Crippen LogP contribution in [0.4, 0.5) is 0 Å². The summed E-state index contributed by atoms with van der Waals surface area (Å²) in [6, 6.07) is 8.90. The fourth-order valence-electron chi connectivity index (χ4n) is 2.90. The van der Waals surface area contributed by atoms with Gasteiger partial charge in [0.2, 0.25) is 0 Å². The van der Waals surface area contributed by atoms with Gasteiger partial charge in [0.05, 0.1) is 12.2 Å². The number of hydrogen-bond acceptors (Lipinski definition) is 4. The van der Waals surface area contributed by atoms with Crippen LogP contribution in [0.15, 0.2) is 35.9 Å². The molecule has 4 nitrogen and oxygen atoms in total. The first kappa shape index (κ1) is 16.1. The minimum Gasteiger partial charge on any atom is -0.504 e. The van der Waals surface area contributed by atoms with Crippen molar-refractivity contribution in [3.63, 3.8) is 0 Å². The Hall–Kier alpha value is -2.75. The van der Waals surface area contributed by atoms with Crippen molar-refractivity contribution < 1.29 is 19.4 Å². The van der Waals surface area contributed by atoms with Gasteiger partial charge < -0.3 is 14.6 Å². The number of carbonyl (C=O) groups is 1. The van der Waals surface area contributed by atoms with Crippen molar-refractivity contribution in [1.82, 2.24) is 0 Å². The second-order valence-corrected chi connectivity index (χ2v) is 5.91. The lowest BCUT2D eigenvalue weighted by Crippen LogP contribution is -2.20. The number of fused-ring (bicyclic) bond motifs is 1. The van der Waals surface area contributed by atoms with E-state index < -0.39 is 0 Å². The summed E-state index contributed by atoms with van der Waals surface area (Å²) in [7, 11) is 0. The Morgan fingerprint density at radius 1 is 1.25 bits per heavy atom. The summed E-state index contributed by atoms with van der Waals surface area (Å²) < 4.78 is 11.2. The average Bonchev–Trinajstić information content (AvgIpc) is 2.54. The molecule has 2 aromatic carbocycles. The van der Waals surface area contributed by atoms with Gasteiger partial charge in [-0.3, -0.25) is 4.79 Å². The van der Waals surface area contributed by atoms with E-state index in [1.54, 1.807) is 24.3 Å². The minimum atomic E-state index is -0.0194. The van der Waals surface area contributed by atoms with Crippen molar-refractivity contribution in [2.45, 2.75) is 20.8 Å². The highest BCUT2D eigenvalue weighted by Gasteiger charge is 2.25. The van der Waals surface area contributed by atoms with Crippen LogP contribution in [0, 0.1) is 13.8 Å². The maximum absolute atomic E-state index is 12.8. The van der Waals surface area contributed by atoms with Crippen LogP contribution in [0.25, 0.3) is 6.08 Å². The van der Waals surface area contributed by atoms with E-state index in [1.807, 2.05) is 32.9 Å². The van der Waals surface area contributed by atoms with Gasteiger partial charge in [0, 0.05) is 5.57 Å². The van der Waals surface area contributed by atoms with Gasteiger partial charge in [-0.25, -0.2) is 0 Å². The normalized spacial score (nSPS) is 15.1. The zero-order chi connectivity index (χ0) is 17.3. The third-order valence-corrected chi connectivity index (χ3v) is 3.95. The second-order valence-electron chi connectivity index (χ2n) is 5.91. The summed E-state index contributed by atoms with van der Waals surface area (Å²) in [5.74, 6) is 1.14. The highest BCUT2D eigenvalue weighted by molar-refractivity contribution is 6.14. The van der Waals surface area contributed by atoms with Crippen LogP contribution in [0.1, 0.15) is 34.0 Å². The molecule has 3 rings (SSSR count). The summed E-state index contributed by atoms with van der Waals surface area (Å²) in [5.41, 5.74) is 3.99. The van der Waals surface area contributed by atoms with Gasteiger partial charge in [0.15, 0.2) is 17.3 Å². The van der Waals surface area contributed by atoms with Gasteiger partial charge >= 0.3 is 0 Å². The molecular weight excluding hydrogens is 304 g/mol. The van der Waals surface area contributed by atoms with E-state index in [0.29, 0.717) is 29.2 Å². The number of ether oxygens (including phenoxy) is 2. The van der Waals surface area contributed by atoms with E-state index in [-0.39, 0.29) is 18.1 Å². The lowest BCUT2D eigenvalue weighted by atomic mass is 9.95. The number of carbonyl (C=O) groups excluding carboxylic acids is 1. The van der Waals surface area contributed by atoms with Gasteiger partial charge in [-0.05, 0) is 61.7 Å². The van der Waals surface area contributed by atoms with Crippen LogP contribution < -0.4 is 9.47 Å². The topological polar surface area (TPSA) is 55.8 Å². The van der Waals surface area contributed by atoms with E-state index in [9.17, 15) is 9.90 Å². The fourth-order valence-corrected chi connectivity index (χ4v) is 2.90. The lowest BCUT2D eigenvalue weighted by molar-refractivity contribution is 0.100. The third kappa shape index (κ3) is 3.00. The van der Waals surface area contributed by atoms with Gasteiger partial charge in [-0.2, -0.15) is 0 Å². The maximum Gasteiger partial charge on any atom is 0.196 e. The Morgan fingerprint density at radius 2 is 2.04 bits per heavy atom. The Morgan fingerprint density at radius 3 is 2.79 bits per heavy atom. The Kier molecular flexibility index (Phi) is 4.30. The standard InChI is InChI=1S/C20H20O4/c1-4-23-18-10-14(5-6-17(18)21)9-15-11-24-20-13(3)7-12(2)8-16(20)19(15)22/h5-10,21H,4,11H2,1-3H3/b15-9+. The number of aryl methyl sites for hydroxylation is 2. The molecule has 0 spiro atoms. The summed E-state index contributed by atoms with van der Waals surface area (Å²) >= 11 is 0. The molecule has 0 unspecified atom stereocenters. The van der Waals surface area contributed by atoms with Gasteiger partial charge in [-0.1, -0.05) is 12.1 Å². The van der Waals surface area contributed by atoms with Crippen LogP contribution in [0.3, 0.4) is 0 Å². The van der Waals surface area contributed by atoms with E-state index in [4.69, 9.17) is 9.47 Å². The van der Waals surface area contributed by atoms with E-state index >= 15 is 0 Å². The number of phenols is 1. The molecule has 1 heterocycles. The summed E-state index contributed by atoms with van der Waals surface area (Å²) in [6.07, 6.45) is 1.78. The molecule has 4 heteroatoms. The highest BCUT2D eigenvalue weighted by atomic mass is 16.5. The molecule has 0 aliphatic carbocycles. The molecule has 0 saturated heterocycles. The zero-order valence-corrected chi connectivity index (χ0v) is 14.1. The van der Waals surface area contributed by atoms with Crippen LogP contribution in [0.2, 0.25) is 0 Å². The Bertz CT molecular complexity index is 834. The van der Waals surface area contributed by atoms with Crippen LogP contribution in [-0.4, -0.2) is 24.1 Å². The third-order valence-electron chi connectivity index (χ3n) is 3.95. The molecule has 0 radical (unpaired) electrons. The van der Waals surface area contributed by atoms with Crippen molar-refractivity contribution in [3.05, 3.63) is 58.2 Å². The molecule has 2 aromatic rings. The number of ketones is 1. The van der Waals surface area contributed by atoms with E-state index in [1.165, 1.54) is 0 Å². The first-order chi connectivity index (χ1) is 11.5. The average molecular weight is 324 g/mol. The Labute approximate surface area is 141 Å². The first-order valence-corrected chi connectivity index (χ1v) is 7.94. The lowest BCUT2D eigenvalue weighted by Gasteiger charge is -2.21. The highest BCUT2D eigenvalue weighted by Crippen LogP contribution is 2.33. The molecule has 0 atom stereocenters. The second kappa shape index (κ2) is 6.40. The van der Waals surface area contributed by atoms with Crippen molar-refractivity contribution in [2.75, 3.05) is 13.2 Å². The minimum absolute atomic E-state index is 0.0194. The summed E-state index contributed by atoms with van der Waals surface area (Å²) in [4.78, 5) is 12.8. The summed E-state index contributed by atoms with van der Waals surface area (Å²) in [6.45, 7) is 6.46. The largest absolute Gasteiger partial charge is 0.504 e. The molecule has 0 bridgehead atoms. The van der Waals surface area contributed by atoms with Gasteiger partial charge in [0.1, 0.15) is 12.4 Å². The molecule has 0 saturated carbocycles. The predicted octanol–water partition coefficient (Wildman–Crippen LogP) is 4.07. The number of Topliss-reactive ketones (excluding diaryl/α,β-unsaturated/α-hetero) is 1. The number of benzene rings is 2. The number of hydrogen-bond donors (Lipinski definition) is 1. The number of aromatic hydroxyl groups is 1. The molecule has 0 amide bonds. The van der Waals surface area contributed by atoms with Gasteiger partial charge in [0.25, 0.3) is 0 Å². The molecule has 24 heavy (non-hydrogen) atoms. The first-order valence-electron chi connectivity index (χ1n) is 7.94. The number of rotatable bonds is 3. The van der Waals surface area contributed by atoms with Crippen molar-refractivity contribution in [3.8, 4) is 17.2 Å². The van der Waals surface area contributed by atoms with Crippen molar-refractivity contribution in [1.29, 1.82) is 0 Å². The van der Waals surface area contributed by atoms with E-state index in [2.05, 4.69) is 0 Å². The molecule has 0 fully saturated rings. The monoisotopic (exact) mass is 324 g/mol. The SMILES string of the molecule is CCOc1cc(/C=C2\COc3c(C)cc(C)cc3C2=O)ccc1O. The smallest absolute Gasteiger partial charge is 0.196 e. The van der Waals surface area contributed by atoms with Crippen LogP contribution in [-0.2, 0) is 0 Å². The van der Waals surface area contributed by atoms with Crippen molar-refractivity contribution in [2.24, 2.45) is 0 Å². The zero-order valence-electron chi connectivity index (χ0n) is 14.1. The predicted molar refractivity (Wildman–Crippen MR) is 93.0 cm³/mol. The van der Waals surface area contributed by atoms with Crippen LogP contribution >= 0.6 is 0 Å². The van der Waals surface area contributed by atoms with Gasteiger partial charge in [-0.15, -0.1) is 0 Å². The van der Waals surface area contributed by atoms with Crippen LogP contribution in [0.5, 0.6) is 17.2 Å². The molecule has 1 aliphatic rings. The molecule has 0 aromatic heterocycles.